The third-order valence-electron chi connectivity index (χ3n) is 9.54. The van der Waals surface area contributed by atoms with E-state index in [4.69, 9.17) is 21.1 Å². The Kier molecular flexibility index (Phi) is 12.3. The Labute approximate surface area is 333 Å². The Hall–Kier alpha value is -5.65. The minimum atomic E-state index is -5.77. The number of ether oxygens (including phenoxy) is 2. The van der Waals surface area contributed by atoms with Gasteiger partial charge >= 0.3 is 30.0 Å². The van der Waals surface area contributed by atoms with E-state index in [1.165, 1.54) is 0 Å². The number of nitrogens with one attached hydrogen (secondary N) is 3. The molecule has 0 radical (unpaired) electrons. The molecule has 1 saturated heterocycles. The smallest absolute Gasteiger partial charge is 0.458 e. The maximum atomic E-state index is 13.1. The Morgan fingerprint density at radius 3 is 2.36 bits per heavy atom. The first-order valence-electron chi connectivity index (χ1n) is 18.2. The second-order valence-corrected chi connectivity index (χ2v) is 14.9. The lowest BCUT2D eigenvalue weighted by Gasteiger charge is -2.32. The Balaban J connectivity index is 0.000000412. The van der Waals surface area contributed by atoms with Crippen molar-refractivity contribution in [3.63, 3.8) is 0 Å². The van der Waals surface area contributed by atoms with Gasteiger partial charge in [-0.05, 0) is 93.3 Å². The third-order valence-corrected chi connectivity index (χ3v) is 9.82. The third kappa shape index (κ3) is 10.6. The summed E-state index contributed by atoms with van der Waals surface area (Å²) >= 11 is 6.42. The average molecular weight is 834 g/mol. The van der Waals surface area contributed by atoms with Crippen molar-refractivity contribution >= 4 is 58.0 Å². The number of Topliss-reactive ketones (excluding diaryl/α,β-unsaturated/α-hetero) is 2. The summed E-state index contributed by atoms with van der Waals surface area (Å²) in [5.74, 6) is -3.69. The lowest BCUT2D eigenvalue weighted by molar-refractivity contribution is -0.193. The van der Waals surface area contributed by atoms with Gasteiger partial charge in [-0.15, -0.1) is 0 Å². The molecule has 5 heterocycles. The summed E-state index contributed by atoms with van der Waals surface area (Å²) in [7, 11) is 0. The molecule has 2 amide bonds. The minimum absolute atomic E-state index is 0.0684. The van der Waals surface area contributed by atoms with E-state index in [1.54, 1.807) is 12.4 Å². The van der Waals surface area contributed by atoms with Crippen LogP contribution in [0.4, 0.5) is 60.0 Å². The molecular weight excluding hydrogens is 796 g/mol. The molecule has 3 aliphatic heterocycles. The van der Waals surface area contributed by atoms with Gasteiger partial charge in [0.15, 0.2) is 5.82 Å². The van der Waals surface area contributed by atoms with Crippen LogP contribution in [0.15, 0.2) is 61.1 Å². The number of rotatable bonds is 6. The van der Waals surface area contributed by atoms with Gasteiger partial charge in [-0.1, -0.05) is 23.7 Å². The molecule has 0 saturated carbocycles. The molecule has 0 atom stereocenters. The first kappa shape index (κ1) is 42.0. The number of benzene rings is 2. The van der Waals surface area contributed by atoms with Gasteiger partial charge < -0.3 is 30.3 Å². The molecule has 1 fully saturated rings. The number of aromatic nitrogens is 3. The van der Waals surface area contributed by atoms with Crippen molar-refractivity contribution in [3.05, 3.63) is 82.8 Å². The molecule has 2 aromatic heterocycles. The minimum Gasteiger partial charge on any atom is -0.493 e. The predicted molar refractivity (Wildman–Crippen MR) is 202 cm³/mol. The first-order valence-corrected chi connectivity index (χ1v) is 18.6. The maximum absolute atomic E-state index is 13.1. The average Bonchev–Trinajstić information content (AvgIpc) is 3.50. The van der Waals surface area contributed by atoms with Crippen molar-refractivity contribution < 1.29 is 50.2 Å². The van der Waals surface area contributed by atoms with Gasteiger partial charge in [0.25, 0.3) is 0 Å². The maximum Gasteiger partial charge on any atom is 0.458 e. The molecule has 0 unspecified atom stereocenters. The number of hydrogen-bond donors (Lipinski definition) is 3. The van der Waals surface area contributed by atoms with Crippen LogP contribution in [0, 0.1) is 5.92 Å². The Morgan fingerprint density at radius 1 is 0.931 bits per heavy atom. The number of carbonyl (C=O) groups is 3. The van der Waals surface area contributed by atoms with Crippen molar-refractivity contribution in [2.24, 2.45) is 5.92 Å². The number of carbonyl (C=O) groups excluding carboxylic acids is 3. The van der Waals surface area contributed by atoms with Crippen molar-refractivity contribution in [2.75, 3.05) is 35.6 Å². The van der Waals surface area contributed by atoms with Crippen LogP contribution in [0.3, 0.4) is 0 Å². The van der Waals surface area contributed by atoms with Gasteiger partial charge in [-0.25, -0.2) is 9.78 Å². The number of aryl methyl sites for hydroxylation is 2. The number of hydrogen-bond acceptors (Lipinski definition) is 10. The number of likely N-dealkylation sites (tertiary alicyclic amines) is 1. The Morgan fingerprint density at radius 2 is 1.66 bits per heavy atom. The van der Waals surface area contributed by atoms with Crippen LogP contribution < -0.4 is 25.4 Å². The monoisotopic (exact) mass is 833 g/mol. The van der Waals surface area contributed by atoms with Crippen molar-refractivity contribution in [2.45, 2.75) is 70.3 Å². The van der Waals surface area contributed by atoms with Crippen LogP contribution in [-0.2, 0) is 28.9 Å². The van der Waals surface area contributed by atoms with Gasteiger partial charge in [0, 0.05) is 37.0 Å². The van der Waals surface area contributed by atoms with Gasteiger partial charge in [0.05, 0.1) is 30.4 Å². The van der Waals surface area contributed by atoms with E-state index in [9.17, 15) is 40.7 Å². The van der Waals surface area contributed by atoms with E-state index in [-0.39, 0.29) is 11.6 Å². The molecule has 0 aliphatic carbocycles. The van der Waals surface area contributed by atoms with Gasteiger partial charge in [-0.3, -0.25) is 14.6 Å². The normalized spacial score (nSPS) is 16.0. The fourth-order valence-corrected chi connectivity index (χ4v) is 6.81. The summed E-state index contributed by atoms with van der Waals surface area (Å²) in [5, 5.41) is 10.1. The molecular formula is C39H38ClF6N7O5. The molecule has 2 aromatic carbocycles. The molecule has 6 bridgehead atoms. The lowest BCUT2D eigenvalue weighted by Crippen LogP contribution is -2.41. The zero-order valence-corrected chi connectivity index (χ0v) is 31.9. The van der Waals surface area contributed by atoms with E-state index in [0.29, 0.717) is 29.3 Å². The number of amides is 2. The number of nitrogens with zero attached hydrogens (tertiary/aromatic N) is 4. The SMILES string of the molecule is CC1(C)Cc2cccc(NC(=O)N3CCC(CCOc4ccc5cc4CCc4cncc(c4)Nc4ncc(Cl)c(n4)N5)CC3)c2O1.O=C(C(=O)C(F)(F)F)C(F)(F)F. The van der Waals surface area contributed by atoms with Crippen molar-refractivity contribution in [1.82, 2.24) is 19.9 Å². The lowest BCUT2D eigenvalue weighted by atomic mass is 9.94. The quantitative estimate of drug-likeness (QED) is 0.127. The van der Waals surface area contributed by atoms with E-state index in [2.05, 4.69) is 62.9 Å². The van der Waals surface area contributed by atoms with E-state index in [1.807, 2.05) is 35.4 Å². The van der Waals surface area contributed by atoms with Crippen LogP contribution in [0.25, 0.3) is 0 Å². The van der Waals surface area contributed by atoms with E-state index >= 15 is 0 Å². The summed E-state index contributed by atoms with van der Waals surface area (Å²) in [5.41, 5.74) is 5.52. The van der Waals surface area contributed by atoms with E-state index < -0.39 is 23.9 Å². The number of piperidine rings is 1. The summed E-state index contributed by atoms with van der Waals surface area (Å²) < 4.78 is 79.5. The second kappa shape index (κ2) is 17.1. The highest BCUT2D eigenvalue weighted by molar-refractivity contribution is 6.41. The fraction of sp³-hybridized carbons (Fsp3) is 0.385. The highest BCUT2D eigenvalue weighted by Crippen LogP contribution is 2.41. The standard InChI is InChI=1S/C35H38ClN7O3.C4F6O2/c1-35(2)18-25-4-3-5-29(31(25)46-35)41-34(44)43-13-10-22(11-14-43)12-15-45-30-9-8-26-17-24(30)7-6-23-16-27(20-37-19-23)40-33-38-21-28(36)32(39-26)42-33;5-3(6,7)1(11)2(12)4(8,9)10/h3-5,8-9,16-17,19-22H,6-7,10-15,18H2,1-2H3,(H,41,44)(H2,38,39,40,42);. The van der Waals surface area contributed by atoms with Crippen LogP contribution in [0.1, 0.15) is 49.8 Å². The first-order chi connectivity index (χ1) is 27.3. The largest absolute Gasteiger partial charge is 0.493 e. The number of pyridine rings is 1. The van der Waals surface area contributed by atoms with Gasteiger partial charge in [-0.2, -0.15) is 31.3 Å². The molecule has 19 heteroatoms. The van der Waals surface area contributed by atoms with Crippen LogP contribution in [0.2, 0.25) is 5.02 Å². The summed E-state index contributed by atoms with van der Waals surface area (Å²) in [6, 6.07) is 14.1. The molecule has 3 aliphatic rings. The molecule has 58 heavy (non-hydrogen) atoms. The highest BCUT2D eigenvalue weighted by Gasteiger charge is 2.54. The molecule has 7 rings (SSSR count). The number of anilines is 5. The second-order valence-electron chi connectivity index (χ2n) is 14.5. The van der Waals surface area contributed by atoms with Gasteiger partial charge in [0.1, 0.15) is 22.1 Å². The number of halogens is 7. The number of fused-ring (bicyclic) bond motifs is 7. The fourth-order valence-electron chi connectivity index (χ4n) is 6.67. The van der Waals surface area contributed by atoms with Crippen LogP contribution >= 0.6 is 11.6 Å². The van der Waals surface area contributed by atoms with Crippen LogP contribution in [0.5, 0.6) is 11.5 Å². The molecule has 3 N–H and O–H groups in total. The zero-order chi connectivity index (χ0) is 41.8. The topological polar surface area (TPSA) is 148 Å². The van der Waals surface area contributed by atoms with E-state index in [0.717, 1.165) is 96.9 Å². The molecule has 12 nitrogen and oxygen atoms in total. The summed E-state index contributed by atoms with van der Waals surface area (Å²) in [6.45, 7) is 6.20. The van der Waals surface area contributed by atoms with Crippen molar-refractivity contribution in [1.29, 1.82) is 0 Å². The molecule has 308 valence electrons. The summed E-state index contributed by atoms with van der Waals surface area (Å²) in [4.78, 5) is 47.5. The zero-order valence-electron chi connectivity index (χ0n) is 31.2. The summed E-state index contributed by atoms with van der Waals surface area (Å²) in [6.07, 6.45) is -1.08. The number of urea groups is 1. The Bertz CT molecular complexity index is 2150. The van der Waals surface area contributed by atoms with Crippen molar-refractivity contribution in [3.8, 4) is 11.5 Å². The van der Waals surface area contributed by atoms with Gasteiger partial charge in [0.2, 0.25) is 5.95 Å². The predicted octanol–water partition coefficient (Wildman–Crippen LogP) is 8.79. The number of ketones is 2. The molecule has 4 aromatic rings. The number of para-hydroxylation sites is 1. The number of alkyl halides is 6. The molecule has 0 spiro atoms. The highest BCUT2D eigenvalue weighted by atomic mass is 35.5. The van der Waals surface area contributed by atoms with Crippen LogP contribution in [-0.4, -0.2) is 75.1 Å².